The third-order valence-corrected chi connectivity index (χ3v) is 3.67. The Balaban J connectivity index is 2.44. The summed E-state index contributed by atoms with van der Waals surface area (Å²) in [6.45, 7) is 2.61. The molecule has 0 amide bonds. The first kappa shape index (κ1) is 14.6. The van der Waals surface area contributed by atoms with Gasteiger partial charge in [0.15, 0.2) is 4.67 Å². The molecule has 0 aliphatic carbocycles. The average molecular weight is 389 g/mol. The van der Waals surface area contributed by atoms with Gasteiger partial charge in [-0.2, -0.15) is 0 Å². The fraction of sp³-hybridized carbons (Fsp3) is 0.286. The lowest BCUT2D eigenvalue weighted by molar-refractivity contribution is 0.331. The van der Waals surface area contributed by atoms with Crippen molar-refractivity contribution < 1.29 is 9.15 Å². The van der Waals surface area contributed by atoms with Crippen molar-refractivity contribution in [2.45, 2.75) is 13.0 Å². The fourth-order valence-electron chi connectivity index (χ4n) is 1.97. The first-order chi connectivity index (χ1) is 9.15. The van der Waals surface area contributed by atoms with Gasteiger partial charge in [0.2, 0.25) is 0 Å². The predicted octanol–water partition coefficient (Wildman–Crippen LogP) is 4.51. The van der Waals surface area contributed by atoms with Gasteiger partial charge in [-0.25, -0.2) is 0 Å². The molecular weight excluding hydrogens is 374 g/mol. The molecule has 1 aromatic carbocycles. The van der Waals surface area contributed by atoms with Crippen LogP contribution in [0.1, 0.15) is 24.3 Å². The first-order valence-corrected chi connectivity index (χ1v) is 7.59. The SMILES string of the molecule is CCOc1ccc(Br)cc1C(NC)c1ccc(Br)o1. The van der Waals surface area contributed by atoms with E-state index in [-0.39, 0.29) is 6.04 Å². The third-order valence-electron chi connectivity index (χ3n) is 2.75. The third kappa shape index (κ3) is 3.41. The smallest absolute Gasteiger partial charge is 0.169 e. The average Bonchev–Trinajstić information content (AvgIpc) is 2.80. The van der Waals surface area contributed by atoms with E-state index in [0.717, 1.165) is 26.2 Å². The topological polar surface area (TPSA) is 34.4 Å². The molecule has 19 heavy (non-hydrogen) atoms. The Labute approximate surface area is 129 Å². The number of hydrogen-bond acceptors (Lipinski definition) is 3. The summed E-state index contributed by atoms with van der Waals surface area (Å²) in [6.07, 6.45) is 0. The number of benzene rings is 1. The fourth-order valence-corrected chi connectivity index (χ4v) is 2.66. The highest BCUT2D eigenvalue weighted by Crippen LogP contribution is 2.33. The van der Waals surface area contributed by atoms with E-state index < -0.39 is 0 Å². The van der Waals surface area contributed by atoms with Gasteiger partial charge < -0.3 is 14.5 Å². The molecule has 1 N–H and O–H groups in total. The number of hydrogen-bond donors (Lipinski definition) is 1. The standard InChI is InChI=1S/C14H15Br2NO2/c1-3-18-11-5-4-9(15)8-10(11)14(17-2)12-6-7-13(16)19-12/h4-8,14,17H,3H2,1-2H3. The quantitative estimate of drug-likeness (QED) is 0.817. The van der Waals surface area contributed by atoms with Gasteiger partial charge >= 0.3 is 0 Å². The number of halogens is 2. The van der Waals surface area contributed by atoms with Gasteiger partial charge in [-0.1, -0.05) is 15.9 Å². The van der Waals surface area contributed by atoms with Gasteiger partial charge in [0.1, 0.15) is 11.5 Å². The van der Waals surface area contributed by atoms with E-state index in [9.17, 15) is 0 Å². The van der Waals surface area contributed by atoms with Gasteiger partial charge in [-0.3, -0.25) is 0 Å². The minimum Gasteiger partial charge on any atom is -0.494 e. The molecule has 5 heteroatoms. The molecule has 2 aromatic rings. The second kappa shape index (κ2) is 6.59. The lowest BCUT2D eigenvalue weighted by Crippen LogP contribution is -2.18. The zero-order chi connectivity index (χ0) is 13.8. The Morgan fingerprint density at radius 3 is 2.63 bits per heavy atom. The lowest BCUT2D eigenvalue weighted by atomic mass is 10.0. The van der Waals surface area contributed by atoms with Crippen LogP contribution in [0.2, 0.25) is 0 Å². The van der Waals surface area contributed by atoms with Crippen molar-refractivity contribution in [2.75, 3.05) is 13.7 Å². The molecule has 1 aromatic heterocycles. The molecule has 0 aliphatic heterocycles. The van der Waals surface area contributed by atoms with Crippen LogP contribution in [-0.4, -0.2) is 13.7 Å². The maximum atomic E-state index is 5.69. The Kier molecular flexibility index (Phi) is 5.07. The number of ether oxygens (including phenoxy) is 1. The summed E-state index contributed by atoms with van der Waals surface area (Å²) in [5.41, 5.74) is 1.04. The summed E-state index contributed by atoms with van der Waals surface area (Å²) in [5.74, 6) is 1.70. The Hall–Kier alpha value is -0.780. The summed E-state index contributed by atoms with van der Waals surface area (Å²) < 4.78 is 13.1. The van der Waals surface area contributed by atoms with Gasteiger partial charge in [-0.05, 0) is 60.2 Å². The van der Waals surface area contributed by atoms with E-state index in [2.05, 4.69) is 37.2 Å². The van der Waals surface area contributed by atoms with Crippen LogP contribution in [0, 0.1) is 0 Å². The molecule has 2 rings (SSSR count). The molecule has 0 radical (unpaired) electrons. The number of furan rings is 1. The Bertz CT molecular complexity index is 554. The summed E-state index contributed by atoms with van der Waals surface area (Å²) in [5, 5.41) is 3.26. The van der Waals surface area contributed by atoms with E-state index >= 15 is 0 Å². The highest BCUT2D eigenvalue weighted by atomic mass is 79.9. The molecule has 0 saturated heterocycles. The van der Waals surface area contributed by atoms with Crippen LogP contribution in [-0.2, 0) is 0 Å². The normalized spacial score (nSPS) is 12.4. The van der Waals surface area contributed by atoms with Crippen molar-refractivity contribution >= 4 is 31.9 Å². The van der Waals surface area contributed by atoms with Crippen LogP contribution in [0.25, 0.3) is 0 Å². The predicted molar refractivity (Wildman–Crippen MR) is 82.6 cm³/mol. The number of nitrogens with one attached hydrogen (secondary N) is 1. The second-order valence-electron chi connectivity index (χ2n) is 3.98. The molecule has 1 unspecified atom stereocenters. The largest absolute Gasteiger partial charge is 0.494 e. The highest BCUT2D eigenvalue weighted by Gasteiger charge is 2.20. The van der Waals surface area contributed by atoms with Crippen molar-refractivity contribution in [3.63, 3.8) is 0 Å². The Morgan fingerprint density at radius 1 is 1.26 bits per heavy atom. The van der Waals surface area contributed by atoms with Crippen LogP contribution < -0.4 is 10.1 Å². The van der Waals surface area contributed by atoms with Crippen LogP contribution in [0.15, 0.2) is 43.9 Å². The maximum absolute atomic E-state index is 5.69. The molecule has 1 heterocycles. The van der Waals surface area contributed by atoms with Crippen LogP contribution in [0.5, 0.6) is 5.75 Å². The van der Waals surface area contributed by atoms with Gasteiger partial charge in [-0.15, -0.1) is 0 Å². The first-order valence-electron chi connectivity index (χ1n) is 6.00. The number of rotatable bonds is 5. The van der Waals surface area contributed by atoms with Crippen molar-refractivity contribution in [1.29, 1.82) is 0 Å². The highest BCUT2D eigenvalue weighted by molar-refractivity contribution is 9.10. The maximum Gasteiger partial charge on any atom is 0.169 e. The van der Waals surface area contributed by atoms with Gasteiger partial charge in [0.25, 0.3) is 0 Å². The minimum absolute atomic E-state index is 0.0506. The molecule has 0 bridgehead atoms. The van der Waals surface area contributed by atoms with Crippen LogP contribution in [0.3, 0.4) is 0 Å². The van der Waals surface area contributed by atoms with Crippen molar-refractivity contribution in [3.05, 3.63) is 50.8 Å². The van der Waals surface area contributed by atoms with E-state index in [0.29, 0.717) is 6.61 Å². The van der Waals surface area contributed by atoms with Crippen molar-refractivity contribution in [3.8, 4) is 5.75 Å². The summed E-state index contributed by atoms with van der Waals surface area (Å²) in [4.78, 5) is 0. The molecule has 1 atom stereocenters. The van der Waals surface area contributed by atoms with Crippen LogP contribution >= 0.6 is 31.9 Å². The van der Waals surface area contributed by atoms with E-state index in [1.165, 1.54) is 0 Å². The van der Waals surface area contributed by atoms with Crippen molar-refractivity contribution in [2.24, 2.45) is 0 Å². The van der Waals surface area contributed by atoms with Crippen LogP contribution in [0.4, 0.5) is 0 Å². The molecular formula is C14H15Br2NO2. The monoisotopic (exact) mass is 387 g/mol. The lowest BCUT2D eigenvalue weighted by Gasteiger charge is -2.18. The molecule has 0 aliphatic rings. The molecule has 0 saturated carbocycles. The molecule has 0 fully saturated rings. The Morgan fingerprint density at radius 2 is 2.05 bits per heavy atom. The molecule has 0 spiro atoms. The minimum atomic E-state index is -0.0506. The van der Waals surface area contributed by atoms with Gasteiger partial charge in [0.05, 0.1) is 12.6 Å². The van der Waals surface area contributed by atoms with E-state index in [4.69, 9.17) is 9.15 Å². The summed E-state index contributed by atoms with van der Waals surface area (Å²) >= 11 is 6.83. The summed E-state index contributed by atoms with van der Waals surface area (Å²) in [6, 6.07) is 9.76. The van der Waals surface area contributed by atoms with Crippen molar-refractivity contribution in [1.82, 2.24) is 5.32 Å². The molecule has 102 valence electrons. The van der Waals surface area contributed by atoms with Gasteiger partial charge in [0, 0.05) is 10.0 Å². The zero-order valence-electron chi connectivity index (χ0n) is 10.7. The second-order valence-corrected chi connectivity index (χ2v) is 5.68. The van der Waals surface area contributed by atoms with E-state index in [1.54, 1.807) is 0 Å². The zero-order valence-corrected chi connectivity index (χ0v) is 13.9. The molecule has 3 nitrogen and oxygen atoms in total. The van der Waals surface area contributed by atoms with E-state index in [1.807, 2.05) is 44.3 Å². The summed E-state index contributed by atoms with van der Waals surface area (Å²) in [7, 11) is 1.90.